The molecule has 0 aromatic heterocycles. The maximum Gasteiger partial charge on any atom is 0.337 e. The minimum Gasteiger partial charge on any atom is -0.312 e. The van der Waals surface area contributed by atoms with E-state index in [1.54, 1.807) is 6.08 Å². The summed E-state index contributed by atoms with van der Waals surface area (Å²) in [5.41, 5.74) is 0. The van der Waals surface area contributed by atoms with E-state index < -0.39 is 7.60 Å². The lowest BCUT2D eigenvalue weighted by Crippen LogP contribution is -2.16. The van der Waals surface area contributed by atoms with Gasteiger partial charge in [-0.05, 0) is 12.8 Å². The molecule has 0 N–H and O–H groups in total. The van der Waals surface area contributed by atoms with Gasteiger partial charge in [-0.15, -0.1) is 6.58 Å². The van der Waals surface area contributed by atoms with Gasteiger partial charge >= 0.3 is 7.60 Å². The summed E-state index contributed by atoms with van der Waals surface area (Å²) in [6.07, 6.45) is 3.10. The van der Waals surface area contributed by atoms with Crippen LogP contribution in [0, 0.1) is 5.92 Å². The topological polar surface area (TPSA) is 52.6 Å². The third-order valence-corrected chi connectivity index (χ3v) is 4.07. The zero-order valence-electron chi connectivity index (χ0n) is 9.56. The molecule has 0 saturated carbocycles. The first-order chi connectivity index (χ1) is 6.99. The van der Waals surface area contributed by atoms with Crippen LogP contribution in [0.1, 0.15) is 19.8 Å². The molecule has 0 unspecified atom stereocenters. The Bertz CT molecular complexity index is 254. The van der Waals surface area contributed by atoms with E-state index in [0.29, 0.717) is 0 Å². The van der Waals surface area contributed by atoms with Gasteiger partial charge < -0.3 is 9.05 Å². The van der Waals surface area contributed by atoms with Crippen molar-refractivity contribution in [3.05, 3.63) is 12.7 Å². The standard InChI is InChI=1S/C10H19O4P/c1-5-6-7-9(2)10(11)8-15(12,13-3)14-4/h5,9H,1,6-8H2,2-4H3/t9-/m0/s1. The summed E-state index contributed by atoms with van der Waals surface area (Å²) >= 11 is 0. The molecule has 0 aromatic rings. The predicted molar refractivity (Wildman–Crippen MR) is 60.1 cm³/mol. The molecule has 0 radical (unpaired) electrons. The Labute approximate surface area is 91.2 Å². The zero-order chi connectivity index (χ0) is 11.9. The number of carbonyl (C=O) groups is 1. The van der Waals surface area contributed by atoms with Crippen molar-refractivity contribution < 1.29 is 18.4 Å². The third kappa shape index (κ3) is 5.26. The van der Waals surface area contributed by atoms with Gasteiger partial charge in [-0.2, -0.15) is 0 Å². The van der Waals surface area contributed by atoms with Crippen LogP contribution < -0.4 is 0 Å². The maximum absolute atomic E-state index is 11.7. The number of Topliss-reactive ketones (excluding diaryl/α,β-unsaturated/α-hetero) is 1. The molecule has 0 spiro atoms. The fourth-order valence-corrected chi connectivity index (χ4v) is 2.18. The summed E-state index contributed by atoms with van der Waals surface area (Å²) in [4.78, 5) is 11.6. The van der Waals surface area contributed by atoms with Crippen molar-refractivity contribution in [2.75, 3.05) is 20.4 Å². The number of hydrogen-bond donors (Lipinski definition) is 0. The minimum atomic E-state index is -3.20. The third-order valence-electron chi connectivity index (χ3n) is 2.26. The first-order valence-electron chi connectivity index (χ1n) is 4.83. The average Bonchev–Trinajstić information content (AvgIpc) is 2.25. The molecule has 0 heterocycles. The Kier molecular flexibility index (Phi) is 6.73. The number of carbonyl (C=O) groups excluding carboxylic acids is 1. The lowest BCUT2D eigenvalue weighted by molar-refractivity contribution is -0.120. The highest BCUT2D eigenvalue weighted by Gasteiger charge is 2.27. The largest absolute Gasteiger partial charge is 0.337 e. The molecule has 5 heteroatoms. The van der Waals surface area contributed by atoms with Crippen molar-refractivity contribution in [2.45, 2.75) is 19.8 Å². The Morgan fingerprint density at radius 3 is 2.40 bits per heavy atom. The quantitative estimate of drug-likeness (QED) is 0.478. The van der Waals surface area contributed by atoms with Crippen LogP contribution in [0.5, 0.6) is 0 Å². The highest BCUT2D eigenvalue weighted by Crippen LogP contribution is 2.46. The number of ketones is 1. The van der Waals surface area contributed by atoms with Gasteiger partial charge in [-0.3, -0.25) is 9.36 Å². The monoisotopic (exact) mass is 234 g/mol. The molecule has 0 saturated heterocycles. The van der Waals surface area contributed by atoms with Crippen molar-refractivity contribution in [3.63, 3.8) is 0 Å². The zero-order valence-corrected chi connectivity index (χ0v) is 10.5. The van der Waals surface area contributed by atoms with Crippen LogP contribution in [0.25, 0.3) is 0 Å². The molecular formula is C10H19O4P. The molecule has 88 valence electrons. The Morgan fingerprint density at radius 1 is 1.47 bits per heavy atom. The van der Waals surface area contributed by atoms with Gasteiger partial charge in [-0.25, -0.2) is 0 Å². The van der Waals surface area contributed by atoms with Gasteiger partial charge in [0.25, 0.3) is 0 Å². The highest BCUT2D eigenvalue weighted by atomic mass is 31.2. The van der Waals surface area contributed by atoms with Gasteiger partial charge in [0.15, 0.2) is 0 Å². The number of allylic oxidation sites excluding steroid dienone is 1. The van der Waals surface area contributed by atoms with E-state index >= 15 is 0 Å². The van der Waals surface area contributed by atoms with Crippen LogP contribution in [0.3, 0.4) is 0 Å². The molecule has 0 rings (SSSR count). The fourth-order valence-electron chi connectivity index (χ4n) is 1.08. The molecular weight excluding hydrogens is 215 g/mol. The van der Waals surface area contributed by atoms with Gasteiger partial charge in [0.1, 0.15) is 11.9 Å². The van der Waals surface area contributed by atoms with Gasteiger partial charge in [0.2, 0.25) is 0 Å². The van der Waals surface area contributed by atoms with Gasteiger partial charge in [0, 0.05) is 20.1 Å². The Balaban J connectivity index is 4.22. The van der Waals surface area contributed by atoms with Crippen LogP contribution >= 0.6 is 7.60 Å². The summed E-state index contributed by atoms with van der Waals surface area (Å²) < 4.78 is 21.1. The fraction of sp³-hybridized carbons (Fsp3) is 0.700. The van der Waals surface area contributed by atoms with E-state index in [1.807, 2.05) is 6.92 Å². The van der Waals surface area contributed by atoms with Crippen LogP contribution in [0.15, 0.2) is 12.7 Å². The SMILES string of the molecule is C=CCC[C@H](C)C(=O)CP(=O)(OC)OC. The first-order valence-corrected chi connectivity index (χ1v) is 6.56. The molecule has 0 aliphatic carbocycles. The van der Waals surface area contributed by atoms with E-state index in [9.17, 15) is 9.36 Å². The molecule has 0 fully saturated rings. The Hall–Kier alpha value is -0.440. The second-order valence-electron chi connectivity index (χ2n) is 3.37. The van der Waals surface area contributed by atoms with Crippen LogP contribution in [0.4, 0.5) is 0 Å². The first kappa shape index (κ1) is 14.6. The maximum atomic E-state index is 11.7. The van der Waals surface area contributed by atoms with E-state index in [-0.39, 0.29) is 17.9 Å². The smallest absolute Gasteiger partial charge is 0.312 e. The molecule has 0 bridgehead atoms. The van der Waals surface area contributed by atoms with Gasteiger partial charge in [0.05, 0.1) is 0 Å². The van der Waals surface area contributed by atoms with E-state index in [1.165, 1.54) is 14.2 Å². The Morgan fingerprint density at radius 2 is 2.00 bits per heavy atom. The highest BCUT2D eigenvalue weighted by molar-refractivity contribution is 7.54. The van der Waals surface area contributed by atoms with Crippen LogP contribution in [-0.4, -0.2) is 26.2 Å². The molecule has 1 atom stereocenters. The molecule has 0 amide bonds. The molecule has 0 aliphatic heterocycles. The average molecular weight is 234 g/mol. The summed E-state index contributed by atoms with van der Waals surface area (Å²) in [7, 11) is -0.631. The van der Waals surface area contributed by atoms with Crippen molar-refractivity contribution in [1.29, 1.82) is 0 Å². The predicted octanol–water partition coefficient (Wildman–Crippen LogP) is 2.64. The van der Waals surface area contributed by atoms with E-state index in [4.69, 9.17) is 9.05 Å². The van der Waals surface area contributed by atoms with Crippen molar-refractivity contribution in [1.82, 2.24) is 0 Å². The molecule has 0 aliphatic rings. The van der Waals surface area contributed by atoms with Crippen molar-refractivity contribution in [3.8, 4) is 0 Å². The van der Waals surface area contributed by atoms with Crippen molar-refractivity contribution in [2.24, 2.45) is 5.92 Å². The lowest BCUT2D eigenvalue weighted by atomic mass is 10.0. The van der Waals surface area contributed by atoms with Gasteiger partial charge in [-0.1, -0.05) is 13.0 Å². The van der Waals surface area contributed by atoms with Crippen molar-refractivity contribution >= 4 is 13.4 Å². The van der Waals surface area contributed by atoms with Crippen LogP contribution in [-0.2, 0) is 18.4 Å². The lowest BCUT2D eigenvalue weighted by Gasteiger charge is -2.15. The molecule has 4 nitrogen and oxygen atoms in total. The summed E-state index contributed by atoms with van der Waals surface area (Å²) in [6, 6.07) is 0. The minimum absolute atomic E-state index is 0.0936. The van der Waals surface area contributed by atoms with E-state index in [0.717, 1.165) is 12.8 Å². The summed E-state index contributed by atoms with van der Waals surface area (Å²) in [5, 5.41) is 0. The number of hydrogen-bond acceptors (Lipinski definition) is 4. The molecule has 0 aromatic carbocycles. The normalized spacial score (nSPS) is 13.5. The second kappa shape index (κ2) is 6.94. The molecule has 15 heavy (non-hydrogen) atoms. The summed E-state index contributed by atoms with van der Waals surface area (Å²) in [6.45, 7) is 5.39. The number of rotatable bonds is 8. The van der Waals surface area contributed by atoms with Crippen LogP contribution in [0.2, 0.25) is 0 Å². The summed E-state index contributed by atoms with van der Waals surface area (Å²) in [5.74, 6) is -0.231. The second-order valence-corrected chi connectivity index (χ2v) is 5.64. The van der Waals surface area contributed by atoms with E-state index in [2.05, 4.69) is 6.58 Å².